The molecule has 1 saturated heterocycles. The first-order chi connectivity index (χ1) is 16.6. The number of benzene rings is 2. The molecule has 0 radical (unpaired) electrons. The lowest BCUT2D eigenvalue weighted by atomic mass is 9.81. The number of amides is 1. The fourth-order valence-electron chi connectivity index (χ4n) is 5.29. The number of anilines is 1. The summed E-state index contributed by atoms with van der Waals surface area (Å²) < 4.78 is 0. The van der Waals surface area contributed by atoms with Crippen molar-refractivity contribution in [3.05, 3.63) is 64.4 Å². The number of hydrogen-bond donors (Lipinski definition) is 2. The Kier molecular flexibility index (Phi) is 7.18. The lowest BCUT2D eigenvalue weighted by molar-refractivity contribution is -0.128. The first-order valence-corrected chi connectivity index (χ1v) is 12.7. The standard InChI is InChI=1S/C26H29Cl2N5O/c27-22-12-21-24(13-23(22)28)30-16-31-26(21)29-14-25(34)33-10-9-20(15-33)32-19-8-4-7-18(11-19)17-5-2-1-3-6-17/h1-3,5-6,12-13,16,18-20,32H,4,7-11,14-15H2,(H,29,30,31)/t18-,19?,20-/m1/s1. The van der Waals surface area contributed by atoms with Gasteiger partial charge in [-0.1, -0.05) is 60.0 Å². The van der Waals surface area contributed by atoms with Gasteiger partial charge >= 0.3 is 0 Å². The van der Waals surface area contributed by atoms with Gasteiger partial charge in [0, 0.05) is 30.6 Å². The third kappa shape index (κ3) is 5.29. The van der Waals surface area contributed by atoms with Crippen LogP contribution in [0, 0.1) is 0 Å². The molecule has 8 heteroatoms. The Morgan fingerprint density at radius 3 is 2.71 bits per heavy atom. The molecule has 1 aliphatic heterocycles. The second-order valence-corrected chi connectivity index (χ2v) is 10.1. The second kappa shape index (κ2) is 10.5. The average Bonchev–Trinajstić information content (AvgIpc) is 3.32. The van der Waals surface area contributed by atoms with Gasteiger partial charge in [-0.2, -0.15) is 0 Å². The van der Waals surface area contributed by atoms with E-state index in [2.05, 4.69) is 50.9 Å². The van der Waals surface area contributed by atoms with Crippen LogP contribution in [0.2, 0.25) is 10.0 Å². The molecule has 2 N–H and O–H groups in total. The molecule has 2 aromatic carbocycles. The van der Waals surface area contributed by atoms with Crippen molar-refractivity contribution in [2.45, 2.75) is 50.1 Å². The number of aromatic nitrogens is 2. The van der Waals surface area contributed by atoms with Crippen LogP contribution in [0.25, 0.3) is 10.9 Å². The summed E-state index contributed by atoms with van der Waals surface area (Å²) in [5, 5.41) is 8.64. The van der Waals surface area contributed by atoms with E-state index in [4.69, 9.17) is 23.2 Å². The van der Waals surface area contributed by atoms with Gasteiger partial charge in [-0.3, -0.25) is 4.79 Å². The lowest BCUT2D eigenvalue weighted by Crippen LogP contribution is -2.43. The van der Waals surface area contributed by atoms with Crippen LogP contribution in [0.5, 0.6) is 0 Å². The van der Waals surface area contributed by atoms with Crippen LogP contribution in [0.15, 0.2) is 48.8 Å². The number of fused-ring (bicyclic) bond motifs is 1. The number of likely N-dealkylation sites (tertiary alicyclic amines) is 1. The number of nitrogens with zero attached hydrogens (tertiary/aromatic N) is 3. The number of rotatable bonds is 6. The highest BCUT2D eigenvalue weighted by Gasteiger charge is 2.30. The predicted molar refractivity (Wildman–Crippen MR) is 138 cm³/mol. The van der Waals surface area contributed by atoms with Crippen LogP contribution in [0.3, 0.4) is 0 Å². The van der Waals surface area contributed by atoms with Crippen LogP contribution >= 0.6 is 23.2 Å². The molecule has 34 heavy (non-hydrogen) atoms. The fraction of sp³-hybridized carbons (Fsp3) is 0.423. The maximum atomic E-state index is 12.9. The molecule has 178 valence electrons. The molecule has 0 bridgehead atoms. The van der Waals surface area contributed by atoms with Crippen LogP contribution in [0.1, 0.15) is 43.6 Å². The largest absolute Gasteiger partial charge is 0.360 e. The Hall–Kier alpha value is -2.41. The molecule has 0 spiro atoms. The van der Waals surface area contributed by atoms with Gasteiger partial charge in [0.25, 0.3) is 0 Å². The molecule has 1 amide bonds. The SMILES string of the molecule is O=C(CNc1ncnc2cc(Cl)c(Cl)cc12)N1CC[C@@H](NC2CCC[C@@H](c3ccccc3)C2)C1. The Morgan fingerprint density at radius 2 is 1.85 bits per heavy atom. The zero-order chi connectivity index (χ0) is 23.5. The van der Waals surface area contributed by atoms with Gasteiger partial charge in [0.15, 0.2) is 0 Å². The Balaban J connectivity index is 1.14. The minimum atomic E-state index is 0.0712. The van der Waals surface area contributed by atoms with E-state index in [9.17, 15) is 4.79 Å². The van der Waals surface area contributed by atoms with Crippen molar-refractivity contribution in [2.24, 2.45) is 0 Å². The minimum Gasteiger partial charge on any atom is -0.360 e. The van der Waals surface area contributed by atoms with E-state index >= 15 is 0 Å². The third-order valence-electron chi connectivity index (χ3n) is 7.04. The Labute approximate surface area is 210 Å². The summed E-state index contributed by atoms with van der Waals surface area (Å²) >= 11 is 12.3. The minimum absolute atomic E-state index is 0.0712. The Bertz CT molecular complexity index is 1160. The molecule has 5 rings (SSSR count). The van der Waals surface area contributed by atoms with Crippen molar-refractivity contribution in [1.29, 1.82) is 0 Å². The van der Waals surface area contributed by atoms with Crippen molar-refractivity contribution >= 4 is 45.8 Å². The highest BCUT2D eigenvalue weighted by molar-refractivity contribution is 6.42. The molecule has 2 fully saturated rings. The van der Waals surface area contributed by atoms with E-state index in [0.29, 0.717) is 39.4 Å². The van der Waals surface area contributed by atoms with Gasteiger partial charge in [0.05, 0.1) is 22.1 Å². The van der Waals surface area contributed by atoms with Crippen LogP contribution in [0.4, 0.5) is 5.82 Å². The van der Waals surface area contributed by atoms with E-state index in [-0.39, 0.29) is 12.5 Å². The summed E-state index contributed by atoms with van der Waals surface area (Å²) in [4.78, 5) is 23.4. The average molecular weight is 498 g/mol. The number of hydrogen-bond acceptors (Lipinski definition) is 5. The molecule has 3 atom stereocenters. The number of carbonyl (C=O) groups excluding carboxylic acids is 1. The smallest absolute Gasteiger partial charge is 0.241 e. The summed E-state index contributed by atoms with van der Waals surface area (Å²) in [6, 6.07) is 15.2. The summed E-state index contributed by atoms with van der Waals surface area (Å²) in [5.74, 6) is 1.28. The second-order valence-electron chi connectivity index (χ2n) is 9.32. The maximum Gasteiger partial charge on any atom is 0.241 e. The highest BCUT2D eigenvalue weighted by Crippen LogP contribution is 2.33. The van der Waals surface area contributed by atoms with Gasteiger partial charge in [0.2, 0.25) is 5.91 Å². The van der Waals surface area contributed by atoms with Crippen molar-refractivity contribution in [1.82, 2.24) is 20.2 Å². The van der Waals surface area contributed by atoms with E-state index in [0.717, 1.165) is 24.9 Å². The van der Waals surface area contributed by atoms with Gasteiger partial charge < -0.3 is 15.5 Å². The predicted octanol–water partition coefficient (Wildman–Crippen LogP) is 5.27. The van der Waals surface area contributed by atoms with Gasteiger partial charge in [-0.25, -0.2) is 9.97 Å². The summed E-state index contributed by atoms with van der Waals surface area (Å²) in [7, 11) is 0. The van der Waals surface area contributed by atoms with Gasteiger partial charge in [-0.15, -0.1) is 0 Å². The normalized spacial score (nSPS) is 22.8. The number of halogens is 2. The van der Waals surface area contributed by atoms with Crippen molar-refractivity contribution in [3.8, 4) is 0 Å². The van der Waals surface area contributed by atoms with Crippen molar-refractivity contribution < 1.29 is 4.79 Å². The van der Waals surface area contributed by atoms with E-state index < -0.39 is 0 Å². The van der Waals surface area contributed by atoms with Crippen molar-refractivity contribution in [3.63, 3.8) is 0 Å². The molecule has 1 saturated carbocycles. The summed E-state index contributed by atoms with van der Waals surface area (Å²) in [6.45, 7) is 1.70. The van der Waals surface area contributed by atoms with Gasteiger partial charge in [-0.05, 0) is 49.3 Å². The first kappa shape index (κ1) is 23.3. The zero-order valence-electron chi connectivity index (χ0n) is 19.0. The van der Waals surface area contributed by atoms with E-state index in [1.165, 1.54) is 37.6 Å². The maximum absolute atomic E-state index is 12.9. The molecule has 3 aromatic rings. The molecule has 2 aliphatic rings. The highest BCUT2D eigenvalue weighted by atomic mass is 35.5. The molecule has 6 nitrogen and oxygen atoms in total. The van der Waals surface area contributed by atoms with Crippen LogP contribution in [-0.2, 0) is 4.79 Å². The monoisotopic (exact) mass is 497 g/mol. The number of carbonyl (C=O) groups is 1. The van der Waals surface area contributed by atoms with E-state index in [1.807, 2.05) is 4.90 Å². The molecule has 2 heterocycles. The molecular formula is C26H29Cl2N5O. The summed E-state index contributed by atoms with van der Waals surface area (Å²) in [6.07, 6.45) is 7.34. The molecular weight excluding hydrogens is 469 g/mol. The van der Waals surface area contributed by atoms with Crippen molar-refractivity contribution in [2.75, 3.05) is 25.0 Å². The lowest BCUT2D eigenvalue weighted by Gasteiger charge is -2.32. The molecule has 1 unspecified atom stereocenters. The molecule has 1 aromatic heterocycles. The fourth-order valence-corrected chi connectivity index (χ4v) is 5.61. The quantitative estimate of drug-likeness (QED) is 0.485. The van der Waals surface area contributed by atoms with E-state index in [1.54, 1.807) is 12.1 Å². The zero-order valence-corrected chi connectivity index (χ0v) is 20.5. The number of nitrogens with one attached hydrogen (secondary N) is 2. The third-order valence-corrected chi connectivity index (χ3v) is 7.76. The van der Waals surface area contributed by atoms with Crippen LogP contribution in [-0.4, -0.2) is 52.5 Å². The first-order valence-electron chi connectivity index (χ1n) is 12.0. The van der Waals surface area contributed by atoms with Gasteiger partial charge in [0.1, 0.15) is 12.1 Å². The molecule has 1 aliphatic carbocycles. The summed E-state index contributed by atoms with van der Waals surface area (Å²) in [5.41, 5.74) is 2.13. The van der Waals surface area contributed by atoms with Crippen LogP contribution < -0.4 is 10.6 Å². The Morgan fingerprint density at radius 1 is 1.03 bits per heavy atom. The topological polar surface area (TPSA) is 70.2 Å².